The molecule has 5 heteroatoms. The third-order valence-electron chi connectivity index (χ3n) is 3.13. The standard InChI is InChI=1S/C16H20ClN3O/c1-3-5-9-20(4-2)15-11-16(19-12-18-15)21-14-8-6-7-13(17)10-14/h6-8,10-12H,3-5,9H2,1-2H3. The van der Waals surface area contributed by atoms with Crippen LogP contribution in [0.1, 0.15) is 26.7 Å². The summed E-state index contributed by atoms with van der Waals surface area (Å²) in [5.41, 5.74) is 0. The van der Waals surface area contributed by atoms with Crippen LogP contribution < -0.4 is 9.64 Å². The number of benzene rings is 1. The van der Waals surface area contributed by atoms with E-state index >= 15 is 0 Å². The Labute approximate surface area is 130 Å². The SMILES string of the molecule is CCCCN(CC)c1cc(Oc2cccc(Cl)c2)ncn1. The molecule has 1 heterocycles. The molecule has 4 nitrogen and oxygen atoms in total. The molecule has 0 amide bonds. The molecule has 0 N–H and O–H groups in total. The minimum absolute atomic E-state index is 0.525. The fourth-order valence-corrected chi connectivity index (χ4v) is 2.17. The number of rotatable bonds is 7. The molecule has 0 aliphatic rings. The lowest BCUT2D eigenvalue weighted by atomic mass is 10.3. The van der Waals surface area contributed by atoms with Crippen LogP contribution in [0.15, 0.2) is 36.7 Å². The molecule has 2 rings (SSSR count). The highest BCUT2D eigenvalue weighted by Crippen LogP contribution is 2.24. The summed E-state index contributed by atoms with van der Waals surface area (Å²) in [6.07, 6.45) is 3.83. The van der Waals surface area contributed by atoms with Crippen LogP contribution in [0.4, 0.5) is 5.82 Å². The van der Waals surface area contributed by atoms with Gasteiger partial charge in [-0.3, -0.25) is 0 Å². The van der Waals surface area contributed by atoms with E-state index in [9.17, 15) is 0 Å². The Hall–Kier alpha value is -1.81. The molecule has 1 aromatic carbocycles. The van der Waals surface area contributed by atoms with Crippen molar-refractivity contribution in [1.82, 2.24) is 9.97 Å². The number of ether oxygens (including phenoxy) is 1. The molecular formula is C16H20ClN3O. The Bertz CT molecular complexity index is 577. The second kappa shape index (κ2) is 7.84. The van der Waals surface area contributed by atoms with Crippen molar-refractivity contribution >= 4 is 17.4 Å². The van der Waals surface area contributed by atoms with Crippen LogP contribution in [-0.2, 0) is 0 Å². The fraction of sp³-hybridized carbons (Fsp3) is 0.375. The number of aromatic nitrogens is 2. The average Bonchev–Trinajstić information content (AvgIpc) is 2.48. The van der Waals surface area contributed by atoms with Gasteiger partial charge in [-0.05, 0) is 31.5 Å². The van der Waals surface area contributed by atoms with Gasteiger partial charge in [-0.2, -0.15) is 0 Å². The molecule has 0 unspecified atom stereocenters. The summed E-state index contributed by atoms with van der Waals surface area (Å²) in [5.74, 6) is 2.08. The number of unbranched alkanes of at least 4 members (excludes halogenated alkanes) is 1. The molecular weight excluding hydrogens is 286 g/mol. The smallest absolute Gasteiger partial charge is 0.224 e. The molecule has 21 heavy (non-hydrogen) atoms. The molecule has 0 aliphatic heterocycles. The number of nitrogens with zero attached hydrogens (tertiary/aromatic N) is 3. The number of hydrogen-bond acceptors (Lipinski definition) is 4. The van der Waals surface area contributed by atoms with E-state index in [0.717, 1.165) is 31.7 Å². The van der Waals surface area contributed by atoms with Gasteiger partial charge >= 0.3 is 0 Å². The predicted octanol–water partition coefficient (Wildman–Crippen LogP) is 4.55. The van der Waals surface area contributed by atoms with Crippen LogP contribution >= 0.6 is 11.6 Å². The maximum absolute atomic E-state index is 5.95. The van der Waals surface area contributed by atoms with Gasteiger partial charge in [0.05, 0.1) is 0 Å². The minimum Gasteiger partial charge on any atom is -0.439 e. The van der Waals surface area contributed by atoms with Crippen LogP contribution in [0.25, 0.3) is 0 Å². The van der Waals surface area contributed by atoms with Crippen LogP contribution in [0.2, 0.25) is 5.02 Å². The number of hydrogen-bond donors (Lipinski definition) is 0. The zero-order chi connectivity index (χ0) is 15.1. The Morgan fingerprint density at radius 1 is 1.19 bits per heavy atom. The maximum atomic E-state index is 5.95. The van der Waals surface area contributed by atoms with Crippen molar-refractivity contribution in [2.24, 2.45) is 0 Å². The lowest BCUT2D eigenvalue weighted by Gasteiger charge is -2.21. The summed E-state index contributed by atoms with van der Waals surface area (Å²) >= 11 is 5.95. The van der Waals surface area contributed by atoms with Crippen LogP contribution in [-0.4, -0.2) is 23.1 Å². The molecule has 112 valence electrons. The number of halogens is 1. The minimum atomic E-state index is 0.525. The Morgan fingerprint density at radius 3 is 2.76 bits per heavy atom. The van der Waals surface area contributed by atoms with Gasteiger partial charge in [0.15, 0.2) is 0 Å². The molecule has 0 atom stereocenters. The van der Waals surface area contributed by atoms with E-state index in [4.69, 9.17) is 16.3 Å². The molecule has 2 aromatic rings. The molecule has 0 saturated heterocycles. The molecule has 0 saturated carbocycles. The van der Waals surface area contributed by atoms with Crippen molar-refractivity contribution in [3.8, 4) is 11.6 Å². The largest absolute Gasteiger partial charge is 0.439 e. The summed E-state index contributed by atoms with van der Waals surface area (Å²) in [5, 5.41) is 0.639. The van der Waals surface area contributed by atoms with Gasteiger partial charge in [-0.1, -0.05) is 31.0 Å². The first-order valence-electron chi connectivity index (χ1n) is 7.23. The highest BCUT2D eigenvalue weighted by Gasteiger charge is 2.08. The van der Waals surface area contributed by atoms with Gasteiger partial charge < -0.3 is 9.64 Å². The first-order chi connectivity index (χ1) is 10.2. The van der Waals surface area contributed by atoms with Crippen molar-refractivity contribution in [3.63, 3.8) is 0 Å². The van der Waals surface area contributed by atoms with Crippen molar-refractivity contribution in [1.29, 1.82) is 0 Å². The molecule has 0 radical (unpaired) electrons. The molecule has 1 aromatic heterocycles. The van der Waals surface area contributed by atoms with E-state index in [2.05, 4.69) is 28.7 Å². The van der Waals surface area contributed by atoms with Crippen LogP contribution in [0, 0.1) is 0 Å². The Kier molecular flexibility index (Phi) is 5.81. The lowest BCUT2D eigenvalue weighted by molar-refractivity contribution is 0.461. The Balaban J connectivity index is 2.13. The molecule has 0 fully saturated rings. The fourth-order valence-electron chi connectivity index (χ4n) is 1.99. The predicted molar refractivity (Wildman–Crippen MR) is 86.4 cm³/mol. The third-order valence-corrected chi connectivity index (χ3v) is 3.37. The molecule has 0 aliphatic carbocycles. The highest BCUT2D eigenvalue weighted by molar-refractivity contribution is 6.30. The van der Waals surface area contributed by atoms with Crippen LogP contribution in [0.3, 0.4) is 0 Å². The van der Waals surface area contributed by atoms with E-state index in [-0.39, 0.29) is 0 Å². The topological polar surface area (TPSA) is 38.2 Å². The normalized spacial score (nSPS) is 10.4. The quantitative estimate of drug-likeness (QED) is 0.752. The average molecular weight is 306 g/mol. The lowest BCUT2D eigenvalue weighted by Crippen LogP contribution is -2.24. The molecule has 0 spiro atoms. The summed E-state index contributed by atoms with van der Waals surface area (Å²) in [7, 11) is 0. The highest BCUT2D eigenvalue weighted by atomic mass is 35.5. The van der Waals surface area contributed by atoms with Gasteiger partial charge in [0.25, 0.3) is 0 Å². The monoisotopic (exact) mass is 305 g/mol. The van der Waals surface area contributed by atoms with E-state index in [0.29, 0.717) is 16.7 Å². The van der Waals surface area contributed by atoms with E-state index < -0.39 is 0 Å². The summed E-state index contributed by atoms with van der Waals surface area (Å²) < 4.78 is 5.74. The van der Waals surface area contributed by atoms with Gasteiger partial charge in [-0.15, -0.1) is 0 Å². The summed E-state index contributed by atoms with van der Waals surface area (Å²) in [4.78, 5) is 10.7. The number of anilines is 1. The van der Waals surface area contributed by atoms with Crippen molar-refractivity contribution < 1.29 is 4.74 Å². The zero-order valence-corrected chi connectivity index (χ0v) is 13.2. The van der Waals surface area contributed by atoms with Crippen molar-refractivity contribution in [3.05, 3.63) is 41.7 Å². The second-order valence-electron chi connectivity index (χ2n) is 4.71. The van der Waals surface area contributed by atoms with Gasteiger partial charge in [0.1, 0.15) is 17.9 Å². The van der Waals surface area contributed by atoms with E-state index in [1.807, 2.05) is 24.3 Å². The van der Waals surface area contributed by atoms with Crippen molar-refractivity contribution in [2.75, 3.05) is 18.0 Å². The summed E-state index contributed by atoms with van der Waals surface area (Å²) in [6, 6.07) is 9.13. The summed E-state index contributed by atoms with van der Waals surface area (Å²) in [6.45, 7) is 6.20. The van der Waals surface area contributed by atoms with E-state index in [1.54, 1.807) is 6.07 Å². The van der Waals surface area contributed by atoms with E-state index in [1.165, 1.54) is 6.33 Å². The maximum Gasteiger partial charge on any atom is 0.224 e. The van der Waals surface area contributed by atoms with Crippen molar-refractivity contribution in [2.45, 2.75) is 26.7 Å². The molecule has 0 bridgehead atoms. The first-order valence-corrected chi connectivity index (χ1v) is 7.61. The van der Waals surface area contributed by atoms with Gasteiger partial charge in [0.2, 0.25) is 5.88 Å². The first kappa shape index (κ1) is 15.6. The van der Waals surface area contributed by atoms with Gasteiger partial charge in [-0.25, -0.2) is 9.97 Å². The van der Waals surface area contributed by atoms with Gasteiger partial charge in [0, 0.05) is 24.2 Å². The third kappa shape index (κ3) is 4.60. The Morgan fingerprint density at radius 2 is 2.05 bits per heavy atom. The second-order valence-corrected chi connectivity index (χ2v) is 5.14. The zero-order valence-electron chi connectivity index (χ0n) is 12.4. The van der Waals surface area contributed by atoms with Crippen LogP contribution in [0.5, 0.6) is 11.6 Å².